The summed E-state index contributed by atoms with van der Waals surface area (Å²) in [7, 11) is 4.26. The summed E-state index contributed by atoms with van der Waals surface area (Å²) in [5, 5.41) is 14.5. The average Bonchev–Trinajstić information content (AvgIpc) is 2.67. The Hall–Kier alpha value is -1.99. The zero-order valence-corrected chi connectivity index (χ0v) is 18.8. The number of fused-ring (bicyclic) bond motifs is 1. The van der Waals surface area contributed by atoms with Crippen molar-refractivity contribution in [3.63, 3.8) is 0 Å². The van der Waals surface area contributed by atoms with E-state index in [-0.39, 0.29) is 6.10 Å². The number of hydrogen-bond acceptors (Lipinski definition) is 7. The maximum Gasteiger partial charge on any atom is 0.223 e. The number of nitrogens with one attached hydrogen (secondary N) is 1. The summed E-state index contributed by atoms with van der Waals surface area (Å²) in [6.45, 7) is 6.34. The Labute approximate surface area is 179 Å². The van der Waals surface area contributed by atoms with Crippen molar-refractivity contribution in [3.8, 4) is 0 Å². The number of anilines is 2. The van der Waals surface area contributed by atoms with Gasteiger partial charge in [-0.1, -0.05) is 13.3 Å². The topological polar surface area (TPSA) is 77.4 Å². The Morgan fingerprint density at radius 1 is 1.17 bits per heavy atom. The number of aliphatic hydroxyl groups is 1. The number of aliphatic hydroxyl groups excluding tert-OH is 1. The number of rotatable bonds is 7. The van der Waals surface area contributed by atoms with Crippen molar-refractivity contribution in [3.05, 3.63) is 18.0 Å². The van der Waals surface area contributed by atoms with Crippen molar-refractivity contribution < 1.29 is 5.11 Å². The lowest BCUT2D eigenvalue weighted by Gasteiger charge is -2.44. The van der Waals surface area contributed by atoms with E-state index >= 15 is 0 Å². The molecule has 7 heteroatoms. The summed E-state index contributed by atoms with van der Waals surface area (Å²) in [4.78, 5) is 19.1. The van der Waals surface area contributed by atoms with Crippen LogP contribution in [0.25, 0.3) is 10.9 Å². The van der Waals surface area contributed by atoms with E-state index in [9.17, 15) is 5.11 Å². The summed E-state index contributed by atoms with van der Waals surface area (Å²) in [5.74, 6) is 2.10. The van der Waals surface area contributed by atoms with Crippen LogP contribution in [-0.4, -0.2) is 70.3 Å². The summed E-state index contributed by atoms with van der Waals surface area (Å²) < 4.78 is 0. The summed E-state index contributed by atoms with van der Waals surface area (Å²) in [5.41, 5.74) is 2.23. The first-order valence-electron chi connectivity index (χ1n) is 11.5. The van der Waals surface area contributed by atoms with Gasteiger partial charge in [0.1, 0.15) is 5.82 Å². The van der Waals surface area contributed by atoms with Crippen LogP contribution in [0.2, 0.25) is 0 Å². The van der Waals surface area contributed by atoms with Crippen LogP contribution in [0.4, 0.5) is 11.8 Å². The third kappa shape index (κ3) is 4.37. The molecule has 1 saturated heterocycles. The molecule has 0 radical (unpaired) electrons. The molecule has 0 aromatic carbocycles. The average molecular weight is 413 g/mol. The Morgan fingerprint density at radius 3 is 2.57 bits per heavy atom. The van der Waals surface area contributed by atoms with Crippen LogP contribution < -0.4 is 10.2 Å². The molecule has 3 heterocycles. The SMILES string of the molecule is CCCC(C)Nc1ncc2c(N3CC(N(C)C)C3)ncc([C@H]3CC[C@H](O)CC3)c2n1. The monoisotopic (exact) mass is 412 g/mol. The first kappa shape index (κ1) is 21.2. The van der Waals surface area contributed by atoms with Crippen molar-refractivity contribution in [1.29, 1.82) is 0 Å². The summed E-state index contributed by atoms with van der Waals surface area (Å²) in [6.07, 6.45) is 9.74. The van der Waals surface area contributed by atoms with Crippen molar-refractivity contribution in [2.24, 2.45) is 0 Å². The largest absolute Gasteiger partial charge is 0.393 e. The number of pyridine rings is 1. The van der Waals surface area contributed by atoms with Gasteiger partial charge in [0.05, 0.1) is 17.0 Å². The molecule has 164 valence electrons. The molecule has 2 aromatic rings. The molecular weight excluding hydrogens is 376 g/mol. The van der Waals surface area contributed by atoms with Crippen LogP contribution >= 0.6 is 0 Å². The predicted molar refractivity (Wildman–Crippen MR) is 122 cm³/mol. The Kier molecular flexibility index (Phi) is 6.39. The van der Waals surface area contributed by atoms with Crippen molar-refractivity contribution in [2.45, 2.75) is 76.5 Å². The third-order valence-corrected chi connectivity index (χ3v) is 6.75. The lowest BCUT2D eigenvalue weighted by Crippen LogP contribution is -2.57. The van der Waals surface area contributed by atoms with Gasteiger partial charge in [-0.05, 0) is 59.0 Å². The molecule has 30 heavy (non-hydrogen) atoms. The van der Waals surface area contributed by atoms with Crippen LogP contribution in [0.15, 0.2) is 12.4 Å². The van der Waals surface area contributed by atoms with E-state index in [0.29, 0.717) is 23.9 Å². The van der Waals surface area contributed by atoms with Gasteiger partial charge >= 0.3 is 0 Å². The van der Waals surface area contributed by atoms with Crippen LogP contribution in [0.3, 0.4) is 0 Å². The molecule has 1 aliphatic heterocycles. The van der Waals surface area contributed by atoms with Gasteiger partial charge in [0.25, 0.3) is 0 Å². The van der Waals surface area contributed by atoms with E-state index in [4.69, 9.17) is 9.97 Å². The number of hydrogen-bond donors (Lipinski definition) is 2. The highest BCUT2D eigenvalue weighted by Crippen LogP contribution is 2.38. The first-order valence-corrected chi connectivity index (χ1v) is 11.5. The third-order valence-electron chi connectivity index (χ3n) is 6.75. The molecule has 2 N–H and O–H groups in total. The minimum atomic E-state index is -0.162. The minimum absolute atomic E-state index is 0.162. The second kappa shape index (κ2) is 9.02. The second-order valence-corrected chi connectivity index (χ2v) is 9.35. The normalized spacial score (nSPS) is 23.6. The minimum Gasteiger partial charge on any atom is -0.393 e. The van der Waals surface area contributed by atoms with Crippen molar-refractivity contribution in [1.82, 2.24) is 19.9 Å². The van der Waals surface area contributed by atoms with Crippen LogP contribution in [0.1, 0.15) is 63.9 Å². The zero-order chi connectivity index (χ0) is 21.3. The molecule has 1 saturated carbocycles. The maximum absolute atomic E-state index is 9.95. The smallest absolute Gasteiger partial charge is 0.223 e. The summed E-state index contributed by atoms with van der Waals surface area (Å²) in [6, 6.07) is 0.913. The molecule has 2 fully saturated rings. The molecule has 2 aliphatic rings. The molecule has 0 bridgehead atoms. The van der Waals surface area contributed by atoms with Gasteiger partial charge in [-0.3, -0.25) is 0 Å². The maximum atomic E-state index is 9.95. The molecule has 7 nitrogen and oxygen atoms in total. The molecule has 2 aromatic heterocycles. The molecule has 1 aliphatic carbocycles. The Balaban J connectivity index is 1.68. The quantitative estimate of drug-likeness (QED) is 0.722. The molecular formula is C23H36N6O. The van der Waals surface area contributed by atoms with E-state index < -0.39 is 0 Å². The van der Waals surface area contributed by atoms with Crippen molar-refractivity contribution in [2.75, 3.05) is 37.4 Å². The fourth-order valence-electron chi connectivity index (χ4n) is 4.71. The zero-order valence-electron chi connectivity index (χ0n) is 18.8. The first-order chi connectivity index (χ1) is 14.5. The van der Waals surface area contributed by atoms with Gasteiger partial charge in [-0.15, -0.1) is 0 Å². The van der Waals surface area contributed by atoms with Crippen LogP contribution in [0.5, 0.6) is 0 Å². The van der Waals surface area contributed by atoms with Gasteiger partial charge < -0.3 is 20.2 Å². The Bertz CT molecular complexity index is 858. The highest BCUT2D eigenvalue weighted by molar-refractivity contribution is 5.92. The number of aromatic nitrogens is 3. The lowest BCUT2D eigenvalue weighted by molar-refractivity contribution is 0.122. The van der Waals surface area contributed by atoms with Gasteiger partial charge in [-0.25, -0.2) is 15.0 Å². The second-order valence-electron chi connectivity index (χ2n) is 9.35. The van der Waals surface area contributed by atoms with E-state index in [1.807, 2.05) is 12.4 Å². The highest BCUT2D eigenvalue weighted by Gasteiger charge is 2.32. The fraction of sp³-hybridized carbons (Fsp3) is 0.696. The van der Waals surface area contributed by atoms with E-state index in [1.54, 1.807) is 0 Å². The van der Waals surface area contributed by atoms with Gasteiger partial charge in [-0.2, -0.15) is 0 Å². The van der Waals surface area contributed by atoms with E-state index in [1.165, 1.54) is 5.56 Å². The van der Waals surface area contributed by atoms with E-state index in [2.05, 4.69) is 48.0 Å². The summed E-state index contributed by atoms with van der Waals surface area (Å²) >= 11 is 0. The highest BCUT2D eigenvalue weighted by atomic mass is 16.3. The molecule has 1 atom stereocenters. The van der Waals surface area contributed by atoms with Gasteiger partial charge in [0.2, 0.25) is 5.95 Å². The van der Waals surface area contributed by atoms with Crippen molar-refractivity contribution >= 4 is 22.7 Å². The van der Waals surface area contributed by atoms with Gasteiger partial charge in [0, 0.05) is 43.1 Å². The standard InChI is InChI=1S/C23H36N6O/c1-5-6-15(2)26-23-25-12-20-21(27-23)19(16-7-9-18(30)10-8-16)11-24-22(20)29-13-17(14-29)28(3)4/h11-12,15-18,30H,5-10,13-14H2,1-4H3,(H,25,26,27)/t15?,16-,18-. The van der Waals surface area contributed by atoms with Gasteiger partial charge in [0.15, 0.2) is 0 Å². The molecule has 1 unspecified atom stereocenters. The molecule has 0 spiro atoms. The van der Waals surface area contributed by atoms with Crippen LogP contribution in [-0.2, 0) is 0 Å². The fourth-order valence-corrected chi connectivity index (χ4v) is 4.71. The number of nitrogens with zero attached hydrogens (tertiary/aromatic N) is 5. The molecule has 0 amide bonds. The lowest BCUT2D eigenvalue weighted by atomic mass is 9.82. The Morgan fingerprint density at radius 2 is 1.90 bits per heavy atom. The van der Waals surface area contributed by atoms with Crippen LogP contribution in [0, 0.1) is 0 Å². The molecule has 4 rings (SSSR count). The number of likely N-dealkylation sites (N-methyl/N-ethyl adjacent to an activating group) is 1. The van der Waals surface area contributed by atoms with E-state index in [0.717, 1.165) is 68.3 Å². The predicted octanol–water partition coefficient (Wildman–Crippen LogP) is 3.39.